The molecule has 5 rings (SSSR count). The van der Waals surface area contributed by atoms with Gasteiger partial charge in [-0.25, -0.2) is 4.79 Å². The van der Waals surface area contributed by atoms with Crippen LogP contribution in [0.2, 0.25) is 0 Å². The van der Waals surface area contributed by atoms with E-state index in [1.807, 2.05) is 36.4 Å². The molecular formula is C28H36N2O3. The topological polar surface area (TPSA) is 50.8 Å². The lowest BCUT2D eigenvalue weighted by Gasteiger charge is -2.53. The number of ether oxygens (including phenoxy) is 2. The summed E-state index contributed by atoms with van der Waals surface area (Å²) in [5, 5.41) is 3.19. The van der Waals surface area contributed by atoms with Gasteiger partial charge in [-0.15, -0.1) is 0 Å². The van der Waals surface area contributed by atoms with E-state index in [0.717, 1.165) is 49.5 Å². The van der Waals surface area contributed by atoms with Crippen molar-refractivity contribution in [3.8, 4) is 5.75 Å². The number of hydrogen-bond acceptors (Lipinski definition) is 4. The first kappa shape index (κ1) is 22.3. The van der Waals surface area contributed by atoms with Crippen molar-refractivity contribution in [2.45, 2.75) is 56.6 Å². The minimum absolute atomic E-state index is 0.0736. The van der Waals surface area contributed by atoms with Crippen molar-refractivity contribution in [2.75, 3.05) is 26.7 Å². The van der Waals surface area contributed by atoms with E-state index in [2.05, 4.69) is 28.4 Å². The zero-order chi connectivity index (χ0) is 22.7. The van der Waals surface area contributed by atoms with E-state index >= 15 is 0 Å². The summed E-state index contributed by atoms with van der Waals surface area (Å²) in [7, 11) is 1.74. The second-order valence-corrected chi connectivity index (χ2v) is 10.2. The lowest BCUT2D eigenvalue weighted by Crippen LogP contribution is -2.56. The second-order valence-electron chi connectivity index (χ2n) is 10.2. The fourth-order valence-corrected chi connectivity index (χ4v) is 6.04. The summed E-state index contributed by atoms with van der Waals surface area (Å²) < 4.78 is 11.1. The van der Waals surface area contributed by atoms with Crippen molar-refractivity contribution in [1.82, 2.24) is 10.2 Å². The van der Waals surface area contributed by atoms with Crippen LogP contribution >= 0.6 is 0 Å². The highest BCUT2D eigenvalue weighted by Crippen LogP contribution is 2.50. The Balaban J connectivity index is 1.29. The average Bonchev–Trinajstić information content (AvgIpc) is 3.67. The maximum absolute atomic E-state index is 12.6. The number of piperidine rings is 1. The number of hydrogen-bond donors (Lipinski definition) is 1. The molecule has 33 heavy (non-hydrogen) atoms. The second kappa shape index (κ2) is 9.76. The molecule has 0 bridgehead atoms. The van der Waals surface area contributed by atoms with Crippen LogP contribution in [0.1, 0.15) is 49.7 Å². The van der Waals surface area contributed by atoms with E-state index in [9.17, 15) is 4.79 Å². The lowest BCUT2D eigenvalue weighted by molar-refractivity contribution is 0.0398. The quantitative estimate of drug-likeness (QED) is 0.637. The van der Waals surface area contributed by atoms with E-state index in [1.54, 1.807) is 7.11 Å². The van der Waals surface area contributed by atoms with Crippen LogP contribution in [0.4, 0.5) is 4.79 Å². The Hall–Kier alpha value is -2.53. The molecule has 1 aliphatic heterocycles. The van der Waals surface area contributed by atoms with Crippen molar-refractivity contribution in [1.29, 1.82) is 0 Å². The molecule has 2 saturated carbocycles. The summed E-state index contributed by atoms with van der Waals surface area (Å²) in [6.07, 6.45) is 6.72. The van der Waals surface area contributed by atoms with Crippen LogP contribution < -0.4 is 10.1 Å². The normalized spacial score (nSPS) is 27.4. The first-order valence-electron chi connectivity index (χ1n) is 12.5. The molecule has 3 atom stereocenters. The Bertz CT molecular complexity index is 945. The molecule has 1 heterocycles. The van der Waals surface area contributed by atoms with E-state index < -0.39 is 0 Å². The summed E-state index contributed by atoms with van der Waals surface area (Å²) in [6.45, 7) is 3.87. The number of amides is 1. The maximum Gasteiger partial charge on any atom is 0.407 e. The van der Waals surface area contributed by atoms with Gasteiger partial charge in [0, 0.05) is 24.5 Å². The summed E-state index contributed by atoms with van der Waals surface area (Å²) >= 11 is 0. The molecule has 2 aromatic rings. The number of carbonyl (C=O) groups excluding carboxylic acids is 1. The fraction of sp³-hybridized carbons (Fsp3) is 0.536. The highest BCUT2D eigenvalue weighted by molar-refractivity contribution is 5.67. The van der Waals surface area contributed by atoms with Gasteiger partial charge in [-0.2, -0.15) is 0 Å². The molecule has 3 fully saturated rings. The number of likely N-dealkylation sites (tertiary alicyclic amines) is 1. The number of methoxy groups -OCH3 is 1. The van der Waals surface area contributed by atoms with Crippen molar-refractivity contribution in [2.24, 2.45) is 11.8 Å². The number of benzene rings is 2. The van der Waals surface area contributed by atoms with Crippen molar-refractivity contribution < 1.29 is 14.3 Å². The molecule has 0 radical (unpaired) electrons. The fourth-order valence-electron chi connectivity index (χ4n) is 6.04. The number of fused-ring (bicyclic) bond motifs is 1. The van der Waals surface area contributed by atoms with Gasteiger partial charge in [0.1, 0.15) is 12.4 Å². The highest BCUT2D eigenvalue weighted by atomic mass is 16.5. The van der Waals surface area contributed by atoms with Gasteiger partial charge >= 0.3 is 6.09 Å². The van der Waals surface area contributed by atoms with Gasteiger partial charge in [0.15, 0.2) is 0 Å². The first-order chi connectivity index (χ1) is 16.1. The number of nitrogens with zero attached hydrogens (tertiary/aromatic N) is 1. The van der Waals surface area contributed by atoms with Gasteiger partial charge in [0.25, 0.3) is 0 Å². The van der Waals surface area contributed by atoms with E-state index in [1.165, 1.54) is 31.5 Å². The van der Waals surface area contributed by atoms with Gasteiger partial charge in [-0.1, -0.05) is 42.5 Å². The molecule has 5 heteroatoms. The zero-order valence-corrected chi connectivity index (χ0v) is 19.7. The maximum atomic E-state index is 12.6. The molecular weight excluding hydrogens is 412 g/mol. The molecule has 1 amide bonds. The van der Waals surface area contributed by atoms with E-state index in [0.29, 0.717) is 12.5 Å². The molecule has 0 spiro atoms. The molecule has 1 N–H and O–H groups in total. The molecule has 0 aromatic heterocycles. The van der Waals surface area contributed by atoms with Crippen LogP contribution in [0.25, 0.3) is 0 Å². The summed E-state index contributed by atoms with van der Waals surface area (Å²) in [4.78, 5) is 15.3. The average molecular weight is 449 g/mol. The van der Waals surface area contributed by atoms with Gasteiger partial charge in [0.2, 0.25) is 0 Å². The van der Waals surface area contributed by atoms with Crippen LogP contribution in [-0.4, -0.2) is 43.8 Å². The molecule has 5 nitrogen and oxygen atoms in total. The first-order valence-corrected chi connectivity index (χ1v) is 12.5. The number of alkyl carbamates (subject to hydrolysis) is 1. The Morgan fingerprint density at radius 2 is 1.94 bits per heavy atom. The monoisotopic (exact) mass is 448 g/mol. The SMILES string of the molecule is COc1cccc(C23CCN(CC4CC4)CC2CCC(NC(=O)OCc2ccccc2)C3)c1. The third-order valence-corrected chi connectivity index (χ3v) is 8.00. The number of rotatable bonds is 7. The van der Waals surface area contributed by atoms with Crippen LogP contribution in [-0.2, 0) is 16.8 Å². The molecule has 3 unspecified atom stereocenters. The summed E-state index contributed by atoms with van der Waals surface area (Å²) in [5.41, 5.74) is 2.44. The summed E-state index contributed by atoms with van der Waals surface area (Å²) in [6, 6.07) is 18.6. The Morgan fingerprint density at radius 3 is 2.73 bits per heavy atom. The zero-order valence-electron chi connectivity index (χ0n) is 19.7. The third-order valence-electron chi connectivity index (χ3n) is 8.00. The van der Waals surface area contributed by atoms with Gasteiger partial charge < -0.3 is 19.7 Å². The highest BCUT2D eigenvalue weighted by Gasteiger charge is 2.48. The summed E-state index contributed by atoms with van der Waals surface area (Å²) in [5.74, 6) is 2.44. The van der Waals surface area contributed by atoms with Crippen molar-refractivity contribution >= 4 is 6.09 Å². The molecule has 2 aliphatic carbocycles. The van der Waals surface area contributed by atoms with Gasteiger partial charge in [-0.3, -0.25) is 0 Å². The van der Waals surface area contributed by atoms with Crippen LogP contribution in [0, 0.1) is 11.8 Å². The number of nitrogens with one attached hydrogen (secondary N) is 1. The molecule has 3 aliphatic rings. The number of carbonyl (C=O) groups is 1. The smallest absolute Gasteiger partial charge is 0.407 e. The minimum Gasteiger partial charge on any atom is -0.497 e. The van der Waals surface area contributed by atoms with E-state index in [4.69, 9.17) is 9.47 Å². The van der Waals surface area contributed by atoms with Crippen LogP contribution in [0.3, 0.4) is 0 Å². The standard InChI is InChI=1S/C28H36N2O3/c1-32-26-9-5-8-23(16-26)28-14-15-30(18-21-10-11-21)19-24(28)12-13-25(17-28)29-27(31)33-20-22-6-3-2-4-7-22/h2-9,16,21,24-25H,10-15,17-20H2,1H3,(H,29,31). The predicted octanol–water partition coefficient (Wildman–Crippen LogP) is 5.14. The Morgan fingerprint density at radius 1 is 1.09 bits per heavy atom. The van der Waals surface area contributed by atoms with Crippen molar-refractivity contribution in [3.63, 3.8) is 0 Å². The molecule has 176 valence electrons. The molecule has 1 saturated heterocycles. The van der Waals surface area contributed by atoms with E-state index in [-0.39, 0.29) is 17.6 Å². The van der Waals surface area contributed by atoms with Gasteiger partial charge in [0.05, 0.1) is 7.11 Å². The lowest BCUT2D eigenvalue weighted by atomic mass is 9.58. The third kappa shape index (κ3) is 5.19. The Labute approximate surface area is 197 Å². The predicted molar refractivity (Wildman–Crippen MR) is 129 cm³/mol. The minimum atomic E-state index is -0.311. The largest absolute Gasteiger partial charge is 0.497 e. The Kier molecular flexibility index (Phi) is 6.59. The van der Waals surface area contributed by atoms with Crippen LogP contribution in [0.5, 0.6) is 5.75 Å². The van der Waals surface area contributed by atoms with Crippen molar-refractivity contribution in [3.05, 3.63) is 65.7 Å². The van der Waals surface area contributed by atoms with Crippen LogP contribution in [0.15, 0.2) is 54.6 Å². The van der Waals surface area contributed by atoms with Gasteiger partial charge in [-0.05, 0) is 80.2 Å². The molecule has 2 aromatic carbocycles.